The Kier molecular flexibility index (Phi) is 6.04. The minimum atomic E-state index is -0.661. The van der Waals surface area contributed by atoms with E-state index in [-0.39, 0.29) is 16.8 Å². The minimum absolute atomic E-state index is 0.000540. The van der Waals surface area contributed by atoms with E-state index in [2.05, 4.69) is 5.32 Å². The van der Waals surface area contributed by atoms with Gasteiger partial charge in [0.15, 0.2) is 17.6 Å². The first-order valence-electron chi connectivity index (χ1n) is 9.20. The zero-order valence-electron chi connectivity index (χ0n) is 16.4. The SMILES string of the molecule is CC[C@@H](Oc1ccccc1OC)C(=O)Nc1ccc2c(c1)sc(=O)n2C(C)C. The molecule has 0 fully saturated rings. The second-order valence-electron chi connectivity index (χ2n) is 6.67. The number of fused-ring (bicyclic) bond motifs is 1. The number of rotatable bonds is 7. The highest BCUT2D eigenvalue weighted by atomic mass is 32.1. The van der Waals surface area contributed by atoms with Crippen molar-refractivity contribution in [1.82, 2.24) is 4.57 Å². The molecule has 0 aliphatic heterocycles. The molecule has 1 N–H and O–H groups in total. The molecule has 148 valence electrons. The number of aromatic nitrogens is 1. The van der Waals surface area contributed by atoms with Gasteiger partial charge in [0.25, 0.3) is 5.91 Å². The number of anilines is 1. The lowest BCUT2D eigenvalue weighted by atomic mass is 10.2. The monoisotopic (exact) mass is 400 g/mol. The Morgan fingerprint density at radius 2 is 1.89 bits per heavy atom. The number of nitrogens with one attached hydrogen (secondary N) is 1. The molecular weight excluding hydrogens is 376 g/mol. The van der Waals surface area contributed by atoms with E-state index in [1.807, 2.05) is 45.0 Å². The van der Waals surface area contributed by atoms with Gasteiger partial charge in [-0.05, 0) is 50.6 Å². The van der Waals surface area contributed by atoms with Crippen molar-refractivity contribution in [1.29, 1.82) is 0 Å². The lowest BCUT2D eigenvalue weighted by molar-refractivity contribution is -0.122. The van der Waals surface area contributed by atoms with Crippen LogP contribution >= 0.6 is 11.3 Å². The van der Waals surface area contributed by atoms with Crippen LogP contribution in [0.1, 0.15) is 33.2 Å². The van der Waals surface area contributed by atoms with Crippen molar-refractivity contribution in [3.8, 4) is 11.5 Å². The maximum absolute atomic E-state index is 12.7. The van der Waals surface area contributed by atoms with E-state index < -0.39 is 6.10 Å². The molecule has 2 aromatic carbocycles. The Morgan fingerprint density at radius 3 is 2.54 bits per heavy atom. The Morgan fingerprint density at radius 1 is 1.18 bits per heavy atom. The van der Waals surface area contributed by atoms with Crippen LogP contribution < -0.4 is 19.7 Å². The molecule has 3 rings (SSSR count). The highest BCUT2D eigenvalue weighted by Crippen LogP contribution is 2.28. The zero-order chi connectivity index (χ0) is 20.3. The van der Waals surface area contributed by atoms with Crippen LogP contribution in [0.3, 0.4) is 0 Å². The fourth-order valence-corrected chi connectivity index (χ4v) is 4.07. The predicted octanol–water partition coefficient (Wildman–Crippen LogP) is 4.45. The molecule has 0 spiro atoms. The number of hydrogen-bond acceptors (Lipinski definition) is 5. The van der Waals surface area contributed by atoms with Gasteiger partial charge in [-0.2, -0.15) is 0 Å². The molecule has 0 saturated carbocycles. The molecule has 3 aromatic rings. The summed E-state index contributed by atoms with van der Waals surface area (Å²) in [7, 11) is 1.56. The lowest BCUT2D eigenvalue weighted by Crippen LogP contribution is -2.32. The third kappa shape index (κ3) is 4.04. The molecule has 1 amide bonds. The fraction of sp³-hybridized carbons (Fsp3) is 0.333. The summed E-state index contributed by atoms with van der Waals surface area (Å²) in [4.78, 5) is 24.9. The molecule has 0 radical (unpaired) electrons. The van der Waals surface area contributed by atoms with Gasteiger partial charge in [0.05, 0.1) is 17.3 Å². The topological polar surface area (TPSA) is 69.6 Å². The van der Waals surface area contributed by atoms with Gasteiger partial charge in [0.1, 0.15) is 0 Å². The van der Waals surface area contributed by atoms with Crippen LogP contribution in [0.4, 0.5) is 5.69 Å². The smallest absolute Gasteiger partial charge is 0.308 e. The molecular formula is C21H24N2O4S. The number of nitrogens with zero attached hydrogens (tertiary/aromatic N) is 1. The van der Waals surface area contributed by atoms with Crippen molar-refractivity contribution >= 4 is 33.1 Å². The summed E-state index contributed by atoms with van der Waals surface area (Å²) in [6.07, 6.45) is -0.158. The zero-order valence-corrected chi connectivity index (χ0v) is 17.2. The standard InChI is InChI=1S/C21H24N2O4S/c1-5-16(27-18-9-7-6-8-17(18)26-4)20(24)22-14-10-11-15-19(12-14)28-21(25)23(15)13(2)3/h6-13,16H,5H2,1-4H3,(H,22,24)/t16-/m1/s1. The number of para-hydroxylation sites is 2. The average molecular weight is 401 g/mol. The number of methoxy groups -OCH3 is 1. The van der Waals surface area contributed by atoms with Gasteiger partial charge in [-0.15, -0.1) is 0 Å². The molecule has 0 saturated heterocycles. The summed E-state index contributed by atoms with van der Waals surface area (Å²) < 4.78 is 13.8. The van der Waals surface area contributed by atoms with Gasteiger partial charge in [0, 0.05) is 11.7 Å². The molecule has 0 aliphatic rings. The Bertz CT molecular complexity index is 1040. The summed E-state index contributed by atoms with van der Waals surface area (Å²) in [6, 6.07) is 12.8. The summed E-state index contributed by atoms with van der Waals surface area (Å²) >= 11 is 1.18. The normalized spacial score (nSPS) is 12.2. The molecule has 7 heteroatoms. The molecule has 0 unspecified atom stereocenters. The van der Waals surface area contributed by atoms with Crippen molar-refractivity contribution in [2.45, 2.75) is 39.3 Å². The number of carbonyl (C=O) groups excluding carboxylic acids is 1. The van der Waals surface area contributed by atoms with Crippen LogP contribution in [0.25, 0.3) is 10.2 Å². The van der Waals surface area contributed by atoms with Crippen LogP contribution in [-0.2, 0) is 4.79 Å². The third-order valence-corrected chi connectivity index (χ3v) is 5.32. The van der Waals surface area contributed by atoms with Gasteiger partial charge < -0.3 is 14.8 Å². The largest absolute Gasteiger partial charge is 0.493 e. The first kappa shape index (κ1) is 19.9. The Balaban J connectivity index is 1.80. The summed E-state index contributed by atoms with van der Waals surface area (Å²) in [6.45, 7) is 5.84. The maximum atomic E-state index is 12.7. The van der Waals surface area contributed by atoms with E-state index in [0.717, 1.165) is 10.2 Å². The molecule has 1 aromatic heterocycles. The van der Waals surface area contributed by atoms with Gasteiger partial charge in [-0.3, -0.25) is 14.2 Å². The van der Waals surface area contributed by atoms with Crippen LogP contribution in [0.2, 0.25) is 0 Å². The van der Waals surface area contributed by atoms with Gasteiger partial charge in [-0.1, -0.05) is 30.4 Å². The van der Waals surface area contributed by atoms with Crippen molar-refractivity contribution in [2.24, 2.45) is 0 Å². The quantitative estimate of drug-likeness (QED) is 0.636. The number of thiazole rings is 1. The van der Waals surface area contributed by atoms with E-state index in [1.54, 1.807) is 29.9 Å². The first-order valence-corrected chi connectivity index (χ1v) is 10.0. The molecule has 28 heavy (non-hydrogen) atoms. The van der Waals surface area contributed by atoms with Crippen LogP contribution in [0.5, 0.6) is 11.5 Å². The van der Waals surface area contributed by atoms with Crippen molar-refractivity contribution < 1.29 is 14.3 Å². The second kappa shape index (κ2) is 8.48. The van der Waals surface area contributed by atoms with Gasteiger partial charge in [-0.25, -0.2) is 0 Å². The van der Waals surface area contributed by atoms with Crippen molar-refractivity contribution in [3.63, 3.8) is 0 Å². The Hall–Kier alpha value is -2.80. The molecule has 6 nitrogen and oxygen atoms in total. The molecule has 1 atom stereocenters. The second-order valence-corrected chi connectivity index (χ2v) is 7.66. The summed E-state index contributed by atoms with van der Waals surface area (Å²) in [5.41, 5.74) is 1.51. The third-order valence-electron chi connectivity index (χ3n) is 4.40. The number of ether oxygens (including phenoxy) is 2. The average Bonchev–Trinajstić information content (AvgIpc) is 3.01. The highest BCUT2D eigenvalue weighted by Gasteiger charge is 2.20. The van der Waals surface area contributed by atoms with Crippen molar-refractivity contribution in [3.05, 3.63) is 52.1 Å². The van der Waals surface area contributed by atoms with Gasteiger partial charge >= 0.3 is 4.87 Å². The van der Waals surface area contributed by atoms with E-state index >= 15 is 0 Å². The van der Waals surface area contributed by atoms with E-state index in [0.29, 0.717) is 23.6 Å². The lowest BCUT2D eigenvalue weighted by Gasteiger charge is -2.19. The predicted molar refractivity (Wildman–Crippen MR) is 113 cm³/mol. The van der Waals surface area contributed by atoms with E-state index in [9.17, 15) is 9.59 Å². The van der Waals surface area contributed by atoms with E-state index in [1.165, 1.54) is 11.3 Å². The van der Waals surface area contributed by atoms with Crippen LogP contribution in [-0.4, -0.2) is 23.7 Å². The number of benzene rings is 2. The molecule has 1 heterocycles. The minimum Gasteiger partial charge on any atom is -0.493 e. The molecule has 0 bridgehead atoms. The summed E-state index contributed by atoms with van der Waals surface area (Å²) in [5.74, 6) is 0.855. The summed E-state index contributed by atoms with van der Waals surface area (Å²) in [5, 5.41) is 2.89. The number of hydrogen-bond donors (Lipinski definition) is 1. The highest BCUT2D eigenvalue weighted by molar-refractivity contribution is 7.16. The van der Waals surface area contributed by atoms with E-state index in [4.69, 9.17) is 9.47 Å². The molecule has 0 aliphatic carbocycles. The van der Waals surface area contributed by atoms with Crippen molar-refractivity contribution in [2.75, 3.05) is 12.4 Å². The fourth-order valence-electron chi connectivity index (χ4n) is 3.02. The number of carbonyl (C=O) groups is 1. The maximum Gasteiger partial charge on any atom is 0.308 e. The van der Waals surface area contributed by atoms with Crippen LogP contribution in [0.15, 0.2) is 47.3 Å². The van der Waals surface area contributed by atoms with Gasteiger partial charge in [0.2, 0.25) is 0 Å². The number of amides is 1. The van der Waals surface area contributed by atoms with Crippen LogP contribution in [0, 0.1) is 0 Å². The Labute approximate surface area is 167 Å². The first-order chi connectivity index (χ1) is 13.4.